The summed E-state index contributed by atoms with van der Waals surface area (Å²) >= 11 is 6.44. The van der Waals surface area contributed by atoms with Gasteiger partial charge in [-0.05, 0) is 72.4 Å². The molecule has 1 aliphatic carbocycles. The minimum atomic E-state index is -3.75. The standard InChI is InChI=1S/C26H39ClN5O8PS/c1-25(2,3)40-24(33)31(15-10-8-9-11-15)20-16-12-28-32(21(16)30-23(27)29-20)22-19-18(38-26(4,5)39-19)17(37-22)13-42(35,36)14-41(6,7)34/h12,15,17-19,22H,8-11,13-14H2,1-7H3/t17-,18-,19-,22-/m1/s1. The lowest BCUT2D eigenvalue weighted by Crippen LogP contribution is -2.43. The summed E-state index contributed by atoms with van der Waals surface area (Å²) in [5.74, 6) is -1.14. The first-order chi connectivity index (χ1) is 19.3. The van der Waals surface area contributed by atoms with E-state index in [0.29, 0.717) is 5.39 Å². The zero-order chi connectivity index (χ0) is 30.8. The van der Waals surface area contributed by atoms with Crippen molar-refractivity contribution in [2.24, 2.45) is 0 Å². The first-order valence-corrected chi connectivity index (χ1v) is 19.0. The number of ether oxygens (including phenoxy) is 4. The first kappa shape index (κ1) is 31.6. The summed E-state index contributed by atoms with van der Waals surface area (Å²) in [6, 6.07) is -0.139. The molecule has 42 heavy (non-hydrogen) atoms. The molecule has 1 saturated carbocycles. The van der Waals surface area contributed by atoms with Crippen LogP contribution in [0.3, 0.4) is 0 Å². The van der Waals surface area contributed by atoms with Gasteiger partial charge in [0.2, 0.25) is 5.28 Å². The van der Waals surface area contributed by atoms with Gasteiger partial charge in [0.1, 0.15) is 29.4 Å². The second-order valence-electron chi connectivity index (χ2n) is 13.2. The molecule has 4 heterocycles. The molecule has 5 rings (SSSR count). The maximum absolute atomic E-state index is 13.5. The quantitative estimate of drug-likeness (QED) is 0.307. The SMILES string of the molecule is CC(C)(C)OC(=O)N(c1nc(Cl)nc2c1cnn2[C@@H]1O[C@H](CS(=O)(=O)CP(C)(C)=O)[C@H]2OC(C)(C)O[C@H]21)C1CCCC1. The van der Waals surface area contributed by atoms with Gasteiger partial charge < -0.3 is 23.5 Å². The minimum absolute atomic E-state index is 0.106. The van der Waals surface area contributed by atoms with Gasteiger partial charge in [-0.1, -0.05) is 12.8 Å². The van der Waals surface area contributed by atoms with Crippen molar-refractivity contribution in [3.05, 3.63) is 11.5 Å². The molecule has 2 aliphatic heterocycles. The number of carbonyl (C=O) groups excluding carboxylic acids is 1. The van der Waals surface area contributed by atoms with Crippen LogP contribution >= 0.6 is 18.7 Å². The van der Waals surface area contributed by atoms with Crippen molar-refractivity contribution in [1.29, 1.82) is 0 Å². The molecule has 13 nitrogen and oxygen atoms in total. The van der Waals surface area contributed by atoms with Gasteiger partial charge in [-0.25, -0.2) is 17.9 Å². The number of fused-ring (bicyclic) bond motifs is 2. The average molecular weight is 648 g/mol. The Morgan fingerprint density at radius 3 is 2.45 bits per heavy atom. The van der Waals surface area contributed by atoms with Crippen LogP contribution in [0, 0.1) is 0 Å². The number of hydrogen-bond donors (Lipinski definition) is 0. The van der Waals surface area contributed by atoms with Gasteiger partial charge in [0.25, 0.3) is 0 Å². The molecular formula is C26H39ClN5O8PS. The summed E-state index contributed by atoms with van der Waals surface area (Å²) in [6.45, 7) is 11.7. The minimum Gasteiger partial charge on any atom is -0.443 e. The maximum atomic E-state index is 13.5. The molecule has 3 aliphatic rings. The Labute approximate surface area is 250 Å². The largest absolute Gasteiger partial charge is 0.443 e. The van der Waals surface area contributed by atoms with Crippen LogP contribution in [0.25, 0.3) is 11.0 Å². The van der Waals surface area contributed by atoms with E-state index < -0.39 is 70.2 Å². The van der Waals surface area contributed by atoms with E-state index >= 15 is 0 Å². The van der Waals surface area contributed by atoms with Gasteiger partial charge in [-0.2, -0.15) is 15.1 Å². The van der Waals surface area contributed by atoms with E-state index in [-0.39, 0.29) is 22.8 Å². The van der Waals surface area contributed by atoms with E-state index in [2.05, 4.69) is 15.1 Å². The second-order valence-corrected chi connectivity index (χ2v) is 19.5. The van der Waals surface area contributed by atoms with E-state index in [1.54, 1.807) is 39.5 Å². The maximum Gasteiger partial charge on any atom is 0.416 e. The highest BCUT2D eigenvalue weighted by atomic mass is 35.5. The van der Waals surface area contributed by atoms with Crippen molar-refractivity contribution in [3.8, 4) is 0 Å². The number of rotatable bonds is 7. The van der Waals surface area contributed by atoms with E-state index in [4.69, 9.17) is 30.5 Å². The van der Waals surface area contributed by atoms with Gasteiger partial charge in [0.15, 0.2) is 33.3 Å². The van der Waals surface area contributed by atoms with Crippen molar-refractivity contribution >= 4 is 51.5 Å². The topological polar surface area (TPSA) is 152 Å². The van der Waals surface area contributed by atoms with Crippen LogP contribution in [0.15, 0.2) is 6.20 Å². The molecule has 0 unspecified atom stereocenters. The Hall–Kier alpha value is -1.83. The highest BCUT2D eigenvalue weighted by Gasteiger charge is 2.57. The molecule has 0 bridgehead atoms. The summed E-state index contributed by atoms with van der Waals surface area (Å²) < 4.78 is 63.9. The number of hydrogen-bond acceptors (Lipinski definition) is 11. The highest BCUT2D eigenvalue weighted by Crippen LogP contribution is 2.46. The summed E-state index contributed by atoms with van der Waals surface area (Å²) in [4.78, 5) is 23.9. The molecule has 0 spiro atoms. The number of anilines is 1. The predicted molar refractivity (Wildman–Crippen MR) is 157 cm³/mol. The fraction of sp³-hybridized carbons (Fsp3) is 0.769. The zero-order valence-electron chi connectivity index (χ0n) is 24.9. The number of aromatic nitrogens is 4. The van der Waals surface area contributed by atoms with E-state index in [9.17, 15) is 17.8 Å². The molecule has 0 radical (unpaired) electrons. The van der Waals surface area contributed by atoms with Crippen LogP contribution in [0.5, 0.6) is 0 Å². The van der Waals surface area contributed by atoms with Gasteiger partial charge in [0, 0.05) is 6.04 Å². The lowest BCUT2D eigenvalue weighted by Gasteiger charge is -2.31. The van der Waals surface area contributed by atoms with Crippen LogP contribution in [0.4, 0.5) is 10.6 Å². The van der Waals surface area contributed by atoms with Gasteiger partial charge in [0.05, 0.1) is 24.5 Å². The Morgan fingerprint density at radius 1 is 1.19 bits per heavy atom. The third kappa shape index (κ3) is 6.78. The van der Waals surface area contributed by atoms with Gasteiger partial charge >= 0.3 is 6.09 Å². The van der Waals surface area contributed by atoms with Crippen molar-refractivity contribution in [2.45, 2.75) is 102 Å². The van der Waals surface area contributed by atoms with Crippen LogP contribution in [-0.4, -0.2) is 94.6 Å². The number of carbonyl (C=O) groups is 1. The number of sulfone groups is 1. The lowest BCUT2D eigenvalue weighted by atomic mass is 10.1. The Kier molecular flexibility index (Phi) is 8.24. The Morgan fingerprint density at radius 2 is 1.83 bits per heavy atom. The summed E-state index contributed by atoms with van der Waals surface area (Å²) in [5.41, 5.74) is -0.889. The molecule has 234 valence electrons. The van der Waals surface area contributed by atoms with Crippen molar-refractivity contribution in [2.75, 3.05) is 29.5 Å². The van der Waals surface area contributed by atoms with Crippen LogP contribution in [0.2, 0.25) is 5.28 Å². The number of halogens is 1. The van der Waals surface area contributed by atoms with Gasteiger partial charge in [-0.15, -0.1) is 0 Å². The molecule has 4 atom stereocenters. The van der Waals surface area contributed by atoms with E-state index in [1.165, 1.54) is 24.2 Å². The van der Waals surface area contributed by atoms with Crippen LogP contribution in [0.1, 0.15) is 66.5 Å². The average Bonchev–Trinajstić information content (AvgIpc) is 3.56. The third-order valence-electron chi connectivity index (χ3n) is 7.21. The van der Waals surface area contributed by atoms with Crippen molar-refractivity contribution < 1.29 is 36.7 Å². The molecular weight excluding hydrogens is 609 g/mol. The molecule has 1 amide bonds. The van der Waals surface area contributed by atoms with Crippen molar-refractivity contribution in [1.82, 2.24) is 19.7 Å². The Bertz CT molecular complexity index is 1510. The monoisotopic (exact) mass is 647 g/mol. The zero-order valence-corrected chi connectivity index (χ0v) is 27.4. The molecule has 2 saturated heterocycles. The first-order valence-electron chi connectivity index (χ1n) is 14.0. The third-order valence-corrected chi connectivity index (χ3v) is 12.3. The fourth-order valence-electron chi connectivity index (χ4n) is 5.90. The molecule has 2 aromatic rings. The Balaban J connectivity index is 1.54. The second kappa shape index (κ2) is 11.0. The highest BCUT2D eigenvalue weighted by molar-refractivity contribution is 7.98. The number of amides is 1. The fourth-order valence-corrected chi connectivity index (χ4v) is 11.0. The molecule has 3 fully saturated rings. The van der Waals surface area contributed by atoms with Crippen molar-refractivity contribution in [3.63, 3.8) is 0 Å². The predicted octanol–water partition coefficient (Wildman–Crippen LogP) is 4.58. The molecule has 0 N–H and O–H groups in total. The van der Waals surface area contributed by atoms with Gasteiger partial charge in [-0.3, -0.25) is 4.90 Å². The van der Waals surface area contributed by atoms with Crippen LogP contribution < -0.4 is 4.90 Å². The normalized spacial score (nSPS) is 26.6. The number of nitrogens with zero attached hydrogens (tertiary/aromatic N) is 5. The molecule has 2 aromatic heterocycles. The molecule has 16 heteroatoms. The summed E-state index contributed by atoms with van der Waals surface area (Å²) in [5, 5.41) is 4.88. The van der Waals surface area contributed by atoms with Crippen LogP contribution in [-0.2, 0) is 33.3 Å². The molecule has 0 aromatic carbocycles. The summed E-state index contributed by atoms with van der Waals surface area (Å²) in [7, 11) is -6.60. The van der Waals surface area contributed by atoms with E-state index in [0.717, 1.165) is 25.7 Å². The smallest absolute Gasteiger partial charge is 0.416 e. The van der Waals surface area contributed by atoms with E-state index in [1.807, 2.05) is 0 Å². The lowest BCUT2D eigenvalue weighted by molar-refractivity contribution is -0.195. The summed E-state index contributed by atoms with van der Waals surface area (Å²) in [6.07, 6.45) is 1.18.